The van der Waals surface area contributed by atoms with E-state index in [1.807, 2.05) is 18.2 Å². The number of hydrogen-bond acceptors (Lipinski definition) is 5. The number of aliphatic hydroxyl groups is 1. The van der Waals surface area contributed by atoms with Crippen LogP contribution in [0.1, 0.15) is 48.6 Å². The van der Waals surface area contributed by atoms with Crippen molar-refractivity contribution in [2.24, 2.45) is 0 Å². The molecule has 0 bridgehead atoms. The molecule has 0 radical (unpaired) electrons. The number of anilines is 1. The lowest BCUT2D eigenvalue weighted by molar-refractivity contribution is -0.133. The van der Waals surface area contributed by atoms with Gasteiger partial charge in [-0.15, -0.1) is 0 Å². The molecule has 2 aliphatic heterocycles. The lowest BCUT2D eigenvalue weighted by atomic mass is 9.89. The summed E-state index contributed by atoms with van der Waals surface area (Å²) in [5.74, 6) is -1.29. The van der Waals surface area contributed by atoms with Crippen molar-refractivity contribution in [3.05, 3.63) is 58.8 Å². The number of fused-ring (bicyclic) bond motifs is 2. The molecule has 2 atom stereocenters. The molecule has 168 valence electrons. The third kappa shape index (κ3) is 3.53. The van der Waals surface area contributed by atoms with Crippen LogP contribution in [-0.4, -0.2) is 35.4 Å². The number of aliphatic hydroxyl groups excluding tert-OH is 1. The second-order valence-corrected chi connectivity index (χ2v) is 8.53. The van der Waals surface area contributed by atoms with E-state index in [9.17, 15) is 23.8 Å². The van der Waals surface area contributed by atoms with Crippen molar-refractivity contribution in [3.8, 4) is 16.9 Å². The Balaban J connectivity index is 1.70. The number of carboxylic acids is 1. The van der Waals surface area contributed by atoms with Gasteiger partial charge >= 0.3 is 12.6 Å². The Hall–Kier alpha value is -2.97. The fourth-order valence-electron chi connectivity index (χ4n) is 4.70. The topological polar surface area (TPSA) is 82.0 Å². The van der Waals surface area contributed by atoms with Crippen molar-refractivity contribution < 1.29 is 28.5 Å². The highest BCUT2D eigenvalue weighted by Crippen LogP contribution is 2.51. The summed E-state index contributed by atoms with van der Waals surface area (Å²) in [6, 6.07) is 9.27. The van der Waals surface area contributed by atoms with E-state index in [1.165, 1.54) is 11.8 Å². The molecule has 2 unspecified atom stereocenters. The minimum Gasteiger partial charge on any atom is -0.478 e. The number of benzene rings is 2. The Bertz CT molecular complexity index is 1110. The van der Waals surface area contributed by atoms with Crippen molar-refractivity contribution >= 4 is 11.7 Å². The van der Waals surface area contributed by atoms with Crippen molar-refractivity contribution in [2.45, 2.75) is 51.0 Å². The van der Waals surface area contributed by atoms with E-state index in [2.05, 4.69) is 12.2 Å². The van der Waals surface area contributed by atoms with Gasteiger partial charge in [0.15, 0.2) is 5.75 Å². The summed E-state index contributed by atoms with van der Waals surface area (Å²) < 4.78 is 32.1. The number of rotatable bonds is 5. The number of halogens is 2. The molecule has 2 aromatic rings. The molecule has 6 nitrogen and oxygen atoms in total. The Morgan fingerprint density at radius 2 is 2.00 bits per heavy atom. The van der Waals surface area contributed by atoms with E-state index in [-0.39, 0.29) is 29.0 Å². The number of aliphatic carboxylic acids is 1. The van der Waals surface area contributed by atoms with E-state index in [0.717, 1.165) is 36.9 Å². The lowest BCUT2D eigenvalue weighted by Crippen LogP contribution is -2.30. The molecule has 8 heteroatoms. The van der Waals surface area contributed by atoms with Crippen molar-refractivity contribution in [3.63, 3.8) is 0 Å². The van der Waals surface area contributed by atoms with Crippen molar-refractivity contribution in [2.75, 3.05) is 11.4 Å². The van der Waals surface area contributed by atoms with E-state index in [0.29, 0.717) is 11.3 Å². The molecule has 1 saturated carbocycles. The second kappa shape index (κ2) is 7.86. The minimum absolute atomic E-state index is 0.0152. The van der Waals surface area contributed by atoms with Crippen LogP contribution in [-0.2, 0) is 11.2 Å². The fourth-order valence-corrected chi connectivity index (χ4v) is 4.70. The van der Waals surface area contributed by atoms with Gasteiger partial charge in [0, 0.05) is 29.4 Å². The average molecular weight is 442 g/mol. The largest absolute Gasteiger partial charge is 0.478 e. The number of ether oxygens (including phenoxy) is 1. The smallest absolute Gasteiger partial charge is 0.387 e. The molecule has 0 aromatic heterocycles. The summed E-state index contributed by atoms with van der Waals surface area (Å²) in [6.07, 6.45) is 2.43. The number of alkyl halides is 2. The lowest BCUT2D eigenvalue weighted by Gasteiger charge is -2.34. The predicted octanol–water partition coefficient (Wildman–Crippen LogP) is 4.15. The number of nitrogens with one attached hydrogen (secondary N) is 1. The number of carboxylic acid groups (broad SMARTS) is 1. The molecule has 1 fully saturated rings. The molecule has 32 heavy (non-hydrogen) atoms. The maximum Gasteiger partial charge on any atom is 0.387 e. The zero-order chi connectivity index (χ0) is 22.6. The first-order valence-corrected chi connectivity index (χ1v) is 10.7. The van der Waals surface area contributed by atoms with Crippen LogP contribution in [0.5, 0.6) is 5.75 Å². The molecule has 2 heterocycles. The van der Waals surface area contributed by atoms with Crippen LogP contribution in [0.15, 0.2) is 42.1 Å². The maximum absolute atomic E-state index is 13.5. The molecule has 0 spiro atoms. The summed E-state index contributed by atoms with van der Waals surface area (Å²) >= 11 is 0. The van der Waals surface area contributed by atoms with Gasteiger partial charge in [0.25, 0.3) is 0 Å². The summed E-state index contributed by atoms with van der Waals surface area (Å²) in [4.78, 5) is 13.3. The Morgan fingerprint density at radius 1 is 1.22 bits per heavy atom. The van der Waals surface area contributed by atoms with E-state index >= 15 is 0 Å². The summed E-state index contributed by atoms with van der Waals surface area (Å²) in [5, 5.41) is 23.6. The van der Waals surface area contributed by atoms with Crippen LogP contribution in [0, 0.1) is 0 Å². The van der Waals surface area contributed by atoms with Gasteiger partial charge in [-0.2, -0.15) is 8.78 Å². The van der Waals surface area contributed by atoms with Crippen LogP contribution in [0.25, 0.3) is 11.1 Å². The highest BCUT2D eigenvalue weighted by atomic mass is 19.3. The van der Waals surface area contributed by atoms with Gasteiger partial charge in [-0.3, -0.25) is 0 Å². The first-order chi connectivity index (χ1) is 15.3. The Morgan fingerprint density at radius 3 is 2.69 bits per heavy atom. The first kappa shape index (κ1) is 20.9. The number of carbonyl (C=O) groups is 1. The van der Waals surface area contributed by atoms with Gasteiger partial charge in [-0.1, -0.05) is 24.3 Å². The number of hydrogen-bond donors (Lipinski definition) is 3. The Labute approximate surface area is 184 Å². The van der Waals surface area contributed by atoms with Gasteiger partial charge in [-0.05, 0) is 55.5 Å². The third-order valence-corrected chi connectivity index (χ3v) is 6.45. The molecule has 5 rings (SSSR count). The highest BCUT2D eigenvalue weighted by Gasteiger charge is 2.40. The second-order valence-electron chi connectivity index (χ2n) is 8.53. The van der Waals surface area contributed by atoms with Crippen LogP contribution in [0.2, 0.25) is 0 Å². The molecule has 0 saturated heterocycles. The highest BCUT2D eigenvalue weighted by molar-refractivity contribution is 5.93. The average Bonchev–Trinajstić information content (AvgIpc) is 3.59. The molecule has 1 aliphatic carbocycles. The van der Waals surface area contributed by atoms with Gasteiger partial charge in [0.2, 0.25) is 0 Å². The monoisotopic (exact) mass is 442 g/mol. The van der Waals surface area contributed by atoms with Crippen molar-refractivity contribution in [1.82, 2.24) is 5.32 Å². The normalized spacial score (nSPS) is 22.3. The Kier molecular flexibility index (Phi) is 5.14. The van der Waals surface area contributed by atoms with E-state index < -0.39 is 18.7 Å². The molecule has 2 aromatic carbocycles. The molecule has 0 amide bonds. The zero-order valence-electron chi connectivity index (χ0n) is 17.5. The van der Waals surface area contributed by atoms with Crippen molar-refractivity contribution in [1.29, 1.82) is 0 Å². The standard InChI is InChI=1S/C24H24F2N2O4/c1-12-18-10-14(3-2-13(18)8-9-27-12)16-6-7-17-20(22(16)32-24(25)26)28(15-4-5-15)11-19(21(17)29)23(30)31/h2-3,6-7,10-12,15,21,24,27,29H,4-5,8-9H2,1H3,(H,30,31). The first-order valence-electron chi connectivity index (χ1n) is 10.7. The molecule has 3 aliphatic rings. The van der Waals surface area contributed by atoms with E-state index in [4.69, 9.17) is 4.74 Å². The SMILES string of the molecule is CC1NCCc2ccc(-c3ccc4c(c3OC(F)F)N(C3CC3)C=C(C(=O)O)C4O)cc21. The third-order valence-electron chi connectivity index (χ3n) is 6.45. The van der Waals surface area contributed by atoms with Crippen LogP contribution >= 0.6 is 0 Å². The summed E-state index contributed by atoms with van der Waals surface area (Å²) in [6.45, 7) is -0.116. The number of nitrogens with zero attached hydrogens (tertiary/aromatic N) is 1. The molecular formula is C24H24F2N2O4. The maximum atomic E-state index is 13.5. The summed E-state index contributed by atoms with van der Waals surface area (Å²) in [5.41, 5.74) is 3.93. The van der Waals surface area contributed by atoms with Crippen LogP contribution < -0.4 is 15.0 Å². The zero-order valence-corrected chi connectivity index (χ0v) is 17.5. The molecular weight excluding hydrogens is 418 g/mol. The van der Waals surface area contributed by atoms with Gasteiger partial charge in [0.05, 0.1) is 11.3 Å². The minimum atomic E-state index is -3.07. The molecule has 3 N–H and O–H groups in total. The van der Waals surface area contributed by atoms with Crippen LogP contribution in [0.3, 0.4) is 0 Å². The summed E-state index contributed by atoms with van der Waals surface area (Å²) in [7, 11) is 0. The van der Waals surface area contributed by atoms with Crippen LogP contribution in [0.4, 0.5) is 14.5 Å². The quantitative estimate of drug-likeness (QED) is 0.646. The van der Waals surface area contributed by atoms with Gasteiger partial charge in [0.1, 0.15) is 6.10 Å². The fraction of sp³-hybridized carbons (Fsp3) is 0.375. The van der Waals surface area contributed by atoms with E-state index in [1.54, 1.807) is 17.0 Å². The predicted molar refractivity (Wildman–Crippen MR) is 115 cm³/mol. The van der Waals surface area contributed by atoms with Gasteiger partial charge in [-0.25, -0.2) is 4.79 Å². The van der Waals surface area contributed by atoms with Gasteiger partial charge < -0.3 is 25.2 Å².